The molecule has 226 valence electrons. The Bertz CT molecular complexity index is 1650. The molecule has 4 heterocycles. The van der Waals surface area contributed by atoms with E-state index in [0.29, 0.717) is 24.3 Å². The first-order valence-electron chi connectivity index (χ1n) is 13.7. The highest BCUT2D eigenvalue weighted by Gasteiger charge is 2.37. The number of anilines is 1. The van der Waals surface area contributed by atoms with E-state index < -0.39 is 15.6 Å². The van der Waals surface area contributed by atoms with Crippen LogP contribution in [0.25, 0.3) is 11.4 Å². The van der Waals surface area contributed by atoms with Gasteiger partial charge in [0, 0.05) is 30.8 Å². The molecular formula is C30H33N5O7S. The first-order chi connectivity index (χ1) is 20.7. The van der Waals surface area contributed by atoms with E-state index in [9.17, 15) is 13.5 Å². The highest BCUT2D eigenvalue weighted by molar-refractivity contribution is 7.92. The van der Waals surface area contributed by atoms with Crippen LogP contribution in [-0.4, -0.2) is 66.0 Å². The number of rotatable bonds is 12. The van der Waals surface area contributed by atoms with Crippen molar-refractivity contribution < 1.29 is 32.5 Å². The van der Waals surface area contributed by atoms with Crippen molar-refractivity contribution in [2.75, 3.05) is 31.7 Å². The first-order valence-corrected chi connectivity index (χ1v) is 15.2. The van der Waals surface area contributed by atoms with Crippen LogP contribution in [0, 0.1) is 0 Å². The zero-order valence-corrected chi connectivity index (χ0v) is 24.9. The van der Waals surface area contributed by atoms with Gasteiger partial charge in [-0.3, -0.25) is 9.71 Å². The number of aliphatic hydroxyl groups is 1. The summed E-state index contributed by atoms with van der Waals surface area (Å²) in [7, 11) is -2.76. The van der Waals surface area contributed by atoms with E-state index in [-0.39, 0.29) is 53.2 Å². The number of hydrogen-bond acceptors (Lipinski definition) is 11. The van der Waals surface area contributed by atoms with Crippen molar-refractivity contribution in [3.63, 3.8) is 0 Å². The first kappa shape index (κ1) is 30.1. The number of nitrogens with zero attached hydrogens (tertiary/aromatic N) is 4. The molecule has 1 unspecified atom stereocenters. The van der Waals surface area contributed by atoms with Crippen molar-refractivity contribution >= 4 is 15.8 Å². The predicted octanol–water partition coefficient (Wildman–Crippen LogP) is 4.58. The molecule has 0 radical (unpaired) electrons. The number of ether oxygens (including phenoxy) is 4. The van der Waals surface area contributed by atoms with Crippen LogP contribution < -0.4 is 18.9 Å². The quantitative estimate of drug-likeness (QED) is 0.232. The number of pyridine rings is 2. The lowest BCUT2D eigenvalue weighted by Gasteiger charge is -2.26. The van der Waals surface area contributed by atoms with Gasteiger partial charge in [0.2, 0.25) is 5.75 Å². The molecule has 13 heteroatoms. The minimum atomic E-state index is -4.24. The van der Waals surface area contributed by atoms with E-state index in [2.05, 4.69) is 24.7 Å². The summed E-state index contributed by atoms with van der Waals surface area (Å²) in [5.41, 5.74) is 0.506. The Labute approximate surface area is 250 Å². The monoisotopic (exact) mass is 607 g/mol. The third-order valence-electron chi connectivity index (χ3n) is 6.93. The molecule has 5 rings (SSSR count). The largest absolute Gasteiger partial charge is 0.493 e. The van der Waals surface area contributed by atoms with Crippen LogP contribution in [0.2, 0.25) is 0 Å². The highest BCUT2D eigenvalue weighted by Crippen LogP contribution is 2.42. The Morgan fingerprint density at radius 2 is 1.84 bits per heavy atom. The summed E-state index contributed by atoms with van der Waals surface area (Å²) in [6.07, 6.45) is 5.99. The third-order valence-corrected chi connectivity index (χ3v) is 8.19. The molecule has 1 atom stereocenters. The molecule has 0 amide bonds. The molecule has 0 spiro atoms. The van der Waals surface area contributed by atoms with E-state index >= 15 is 0 Å². The van der Waals surface area contributed by atoms with Crippen LogP contribution in [0.15, 0.2) is 72.1 Å². The summed E-state index contributed by atoms with van der Waals surface area (Å²) >= 11 is 0. The van der Waals surface area contributed by atoms with E-state index in [1.807, 2.05) is 13.8 Å². The average Bonchev–Trinajstić information content (AvgIpc) is 3.51. The normalized spacial score (nSPS) is 16.7. The number of sulfonamides is 1. The molecule has 3 aromatic heterocycles. The Hall–Kier alpha value is -4.33. The maximum absolute atomic E-state index is 13.6. The minimum Gasteiger partial charge on any atom is -0.493 e. The van der Waals surface area contributed by atoms with Gasteiger partial charge in [-0.1, -0.05) is 32.0 Å². The molecule has 1 aromatic carbocycles. The lowest BCUT2D eigenvalue weighted by atomic mass is 10.0. The molecule has 12 nitrogen and oxygen atoms in total. The molecule has 0 aliphatic carbocycles. The fraction of sp³-hybridized carbons (Fsp3) is 0.333. The van der Waals surface area contributed by atoms with Crippen LogP contribution in [0.4, 0.5) is 5.82 Å². The average molecular weight is 608 g/mol. The van der Waals surface area contributed by atoms with Crippen LogP contribution >= 0.6 is 0 Å². The van der Waals surface area contributed by atoms with Crippen LogP contribution in [0.1, 0.15) is 38.2 Å². The number of aliphatic hydroxyl groups excluding tert-OH is 1. The van der Waals surface area contributed by atoms with E-state index in [1.165, 1.54) is 19.4 Å². The molecule has 1 saturated heterocycles. The number of methoxy groups -OCH3 is 1. The molecular weight excluding hydrogens is 574 g/mol. The standard InChI is InChI=1S/C30H33N5O7S/c1-20(2)22-9-10-25(32-17-22)43(37,38)35-28-26(42-24-8-5-4-7-23(24)39-3)29(40-19-30(18-36)13-6-16-41-30)34-27(33-28)21-11-14-31-15-12-21/h4-5,7-12,14-15,17,20,36H,6,13,16,18-19H2,1-3H3,(H,33,34,35). The summed E-state index contributed by atoms with van der Waals surface area (Å²) in [6, 6.07) is 13.4. The zero-order valence-electron chi connectivity index (χ0n) is 24.1. The molecule has 1 fully saturated rings. The summed E-state index contributed by atoms with van der Waals surface area (Å²) in [5.74, 6) is 0.599. The van der Waals surface area contributed by atoms with Crippen molar-refractivity contribution in [2.45, 2.75) is 43.2 Å². The maximum Gasteiger partial charge on any atom is 0.280 e. The Morgan fingerprint density at radius 1 is 1.07 bits per heavy atom. The van der Waals surface area contributed by atoms with E-state index in [0.717, 1.165) is 12.0 Å². The summed E-state index contributed by atoms with van der Waals surface area (Å²) < 4.78 is 53.4. The second kappa shape index (κ2) is 12.9. The Balaban J connectivity index is 1.63. The molecule has 0 saturated carbocycles. The van der Waals surface area contributed by atoms with Crippen molar-refractivity contribution in [3.8, 4) is 34.5 Å². The van der Waals surface area contributed by atoms with Crippen molar-refractivity contribution in [3.05, 3.63) is 72.7 Å². The van der Waals surface area contributed by atoms with Gasteiger partial charge in [0.1, 0.15) is 12.2 Å². The topological polar surface area (TPSA) is 155 Å². The van der Waals surface area contributed by atoms with Crippen LogP contribution in [-0.2, 0) is 14.8 Å². The molecule has 1 aliphatic heterocycles. The van der Waals surface area contributed by atoms with E-state index in [1.54, 1.807) is 54.9 Å². The number of para-hydroxylation sites is 2. The summed E-state index contributed by atoms with van der Waals surface area (Å²) in [6.45, 7) is 4.13. The number of hydrogen-bond donors (Lipinski definition) is 2. The number of benzene rings is 1. The van der Waals surface area contributed by atoms with Crippen LogP contribution in [0.5, 0.6) is 23.1 Å². The second-order valence-electron chi connectivity index (χ2n) is 10.3. The van der Waals surface area contributed by atoms with Crippen molar-refractivity contribution in [1.29, 1.82) is 0 Å². The SMILES string of the molecule is COc1ccccc1Oc1c(NS(=O)(=O)c2ccc(C(C)C)cn2)nc(-c2ccncc2)nc1OCC1(CO)CCCO1. The predicted molar refractivity (Wildman–Crippen MR) is 158 cm³/mol. The molecule has 4 aromatic rings. The summed E-state index contributed by atoms with van der Waals surface area (Å²) in [5, 5.41) is 9.89. The Kier molecular flexibility index (Phi) is 9.04. The smallest absolute Gasteiger partial charge is 0.280 e. The van der Waals surface area contributed by atoms with E-state index in [4.69, 9.17) is 18.9 Å². The fourth-order valence-corrected chi connectivity index (χ4v) is 5.38. The summed E-state index contributed by atoms with van der Waals surface area (Å²) in [4.78, 5) is 17.4. The zero-order chi connectivity index (χ0) is 30.5. The van der Waals surface area contributed by atoms with Gasteiger partial charge in [0.25, 0.3) is 15.9 Å². The minimum absolute atomic E-state index is 0.0665. The molecule has 2 N–H and O–H groups in total. The van der Waals surface area contributed by atoms with Crippen molar-refractivity contribution in [1.82, 2.24) is 19.9 Å². The second-order valence-corrected chi connectivity index (χ2v) is 11.9. The Morgan fingerprint density at radius 3 is 2.47 bits per heavy atom. The van der Waals surface area contributed by atoms with Gasteiger partial charge in [-0.15, -0.1) is 0 Å². The van der Waals surface area contributed by atoms with Crippen molar-refractivity contribution in [2.24, 2.45) is 0 Å². The molecule has 1 aliphatic rings. The maximum atomic E-state index is 13.6. The molecule has 0 bridgehead atoms. The van der Waals surface area contributed by atoms with Gasteiger partial charge in [-0.05, 0) is 54.7 Å². The lowest BCUT2D eigenvalue weighted by Crippen LogP contribution is -2.39. The number of nitrogens with one attached hydrogen (secondary N) is 1. The fourth-order valence-electron chi connectivity index (χ4n) is 4.44. The van der Waals surface area contributed by atoms with Gasteiger partial charge >= 0.3 is 0 Å². The van der Waals surface area contributed by atoms with Gasteiger partial charge in [0.15, 0.2) is 28.2 Å². The van der Waals surface area contributed by atoms with Crippen LogP contribution in [0.3, 0.4) is 0 Å². The number of aromatic nitrogens is 4. The third kappa shape index (κ3) is 6.85. The van der Waals surface area contributed by atoms with Gasteiger partial charge in [-0.2, -0.15) is 13.4 Å². The van der Waals surface area contributed by atoms with Gasteiger partial charge < -0.3 is 24.1 Å². The molecule has 43 heavy (non-hydrogen) atoms. The lowest BCUT2D eigenvalue weighted by molar-refractivity contribution is -0.0665. The van der Waals surface area contributed by atoms with Gasteiger partial charge in [-0.25, -0.2) is 9.97 Å². The van der Waals surface area contributed by atoms with Gasteiger partial charge in [0.05, 0.1) is 13.7 Å². The highest BCUT2D eigenvalue weighted by atomic mass is 32.2.